The molecule has 0 bridgehead atoms. The summed E-state index contributed by atoms with van der Waals surface area (Å²) in [5, 5.41) is 3.61. The predicted octanol–water partition coefficient (Wildman–Crippen LogP) is 3.48. The molecule has 0 heterocycles. The molecule has 1 N–H and O–H groups in total. The molecule has 1 aromatic rings. The van der Waals surface area contributed by atoms with Crippen LogP contribution in [0.25, 0.3) is 0 Å². The number of thioether (sulfide) groups is 1. The van der Waals surface area contributed by atoms with Crippen molar-refractivity contribution in [2.24, 2.45) is 5.92 Å². The van der Waals surface area contributed by atoms with Crippen LogP contribution in [0.3, 0.4) is 0 Å². The molecule has 0 radical (unpaired) electrons. The summed E-state index contributed by atoms with van der Waals surface area (Å²) < 4.78 is 0. The number of hydrogen-bond acceptors (Lipinski definition) is 2. The molecule has 1 nitrogen and oxygen atoms in total. The minimum absolute atomic E-state index is 0.719. The lowest BCUT2D eigenvalue weighted by Gasteiger charge is -2.16. The van der Waals surface area contributed by atoms with Gasteiger partial charge in [0.2, 0.25) is 0 Å². The van der Waals surface area contributed by atoms with Gasteiger partial charge >= 0.3 is 0 Å². The smallest absolute Gasteiger partial charge is 0.0189 e. The standard InChI is InChI=1S/C14H21NS/c1-3-15-14(12-6-7-12)10-16-13-8-4-11(2)5-9-13/h4-5,8-9,12,14-15H,3,6-7,10H2,1-2H3. The van der Waals surface area contributed by atoms with Gasteiger partial charge < -0.3 is 5.32 Å². The first-order chi connectivity index (χ1) is 7.79. The van der Waals surface area contributed by atoms with E-state index >= 15 is 0 Å². The quantitative estimate of drug-likeness (QED) is 0.758. The van der Waals surface area contributed by atoms with Gasteiger partial charge in [-0.15, -0.1) is 11.8 Å². The highest BCUT2D eigenvalue weighted by molar-refractivity contribution is 7.99. The Morgan fingerprint density at radius 1 is 1.31 bits per heavy atom. The van der Waals surface area contributed by atoms with E-state index in [4.69, 9.17) is 0 Å². The van der Waals surface area contributed by atoms with Crippen LogP contribution >= 0.6 is 11.8 Å². The minimum Gasteiger partial charge on any atom is -0.313 e. The monoisotopic (exact) mass is 235 g/mol. The van der Waals surface area contributed by atoms with Crippen molar-refractivity contribution >= 4 is 11.8 Å². The highest BCUT2D eigenvalue weighted by atomic mass is 32.2. The predicted molar refractivity (Wildman–Crippen MR) is 72.1 cm³/mol. The Hall–Kier alpha value is -0.470. The van der Waals surface area contributed by atoms with E-state index in [2.05, 4.69) is 43.4 Å². The topological polar surface area (TPSA) is 12.0 Å². The van der Waals surface area contributed by atoms with Crippen molar-refractivity contribution in [1.29, 1.82) is 0 Å². The van der Waals surface area contributed by atoms with Crippen molar-refractivity contribution in [3.05, 3.63) is 29.8 Å². The van der Waals surface area contributed by atoms with Crippen LogP contribution in [0.5, 0.6) is 0 Å². The zero-order valence-electron chi connectivity index (χ0n) is 10.2. The third-order valence-electron chi connectivity index (χ3n) is 3.11. The van der Waals surface area contributed by atoms with Crippen molar-refractivity contribution in [3.63, 3.8) is 0 Å². The Balaban J connectivity index is 1.82. The summed E-state index contributed by atoms with van der Waals surface area (Å²) >= 11 is 1.98. The summed E-state index contributed by atoms with van der Waals surface area (Å²) in [6.45, 7) is 5.43. The summed E-state index contributed by atoms with van der Waals surface area (Å²) in [7, 11) is 0. The van der Waals surface area contributed by atoms with Gasteiger partial charge in [-0.2, -0.15) is 0 Å². The van der Waals surface area contributed by atoms with Crippen molar-refractivity contribution in [2.75, 3.05) is 12.3 Å². The van der Waals surface area contributed by atoms with E-state index in [1.54, 1.807) is 0 Å². The first-order valence-electron chi connectivity index (χ1n) is 6.22. The Morgan fingerprint density at radius 3 is 2.56 bits per heavy atom. The molecule has 88 valence electrons. The number of aryl methyl sites for hydroxylation is 1. The van der Waals surface area contributed by atoms with Crippen LogP contribution in [0.15, 0.2) is 29.2 Å². The van der Waals surface area contributed by atoms with Gasteiger partial charge in [-0.05, 0) is 44.4 Å². The van der Waals surface area contributed by atoms with Crippen LogP contribution in [-0.4, -0.2) is 18.3 Å². The highest BCUT2D eigenvalue weighted by Crippen LogP contribution is 2.35. The van der Waals surface area contributed by atoms with E-state index in [1.165, 1.54) is 29.1 Å². The van der Waals surface area contributed by atoms with Crippen LogP contribution in [0, 0.1) is 12.8 Å². The Bertz CT molecular complexity index is 316. The van der Waals surface area contributed by atoms with Gasteiger partial charge in [0, 0.05) is 16.7 Å². The average Bonchev–Trinajstić information content (AvgIpc) is 3.10. The molecule has 0 amide bonds. The van der Waals surface area contributed by atoms with E-state index in [0.29, 0.717) is 0 Å². The Morgan fingerprint density at radius 2 is 2.00 bits per heavy atom. The number of rotatable bonds is 6. The first-order valence-corrected chi connectivity index (χ1v) is 7.21. The molecule has 1 aromatic carbocycles. The molecule has 1 fully saturated rings. The molecule has 1 aliphatic carbocycles. The lowest BCUT2D eigenvalue weighted by atomic mass is 10.2. The van der Waals surface area contributed by atoms with Crippen molar-refractivity contribution in [1.82, 2.24) is 5.32 Å². The number of hydrogen-bond donors (Lipinski definition) is 1. The van der Waals surface area contributed by atoms with Gasteiger partial charge in [-0.3, -0.25) is 0 Å². The van der Waals surface area contributed by atoms with Crippen molar-refractivity contribution < 1.29 is 0 Å². The van der Waals surface area contributed by atoms with Crippen LogP contribution < -0.4 is 5.32 Å². The lowest BCUT2D eigenvalue weighted by molar-refractivity contribution is 0.519. The molecule has 1 unspecified atom stereocenters. The molecule has 1 atom stereocenters. The molecule has 1 aliphatic rings. The molecule has 0 aliphatic heterocycles. The first kappa shape index (κ1) is 12.0. The second kappa shape index (κ2) is 5.74. The maximum atomic E-state index is 3.61. The zero-order valence-corrected chi connectivity index (χ0v) is 11.0. The second-order valence-corrected chi connectivity index (χ2v) is 5.72. The minimum atomic E-state index is 0.719. The van der Waals surface area contributed by atoms with Gasteiger partial charge in [-0.1, -0.05) is 24.6 Å². The summed E-state index contributed by atoms with van der Waals surface area (Å²) in [4.78, 5) is 1.40. The van der Waals surface area contributed by atoms with Crippen molar-refractivity contribution in [2.45, 2.75) is 37.6 Å². The molecule has 2 heteroatoms. The summed E-state index contributed by atoms with van der Waals surface area (Å²) in [5.74, 6) is 2.15. The van der Waals surface area contributed by atoms with E-state index in [0.717, 1.165) is 18.5 Å². The molecule has 0 aromatic heterocycles. The van der Waals surface area contributed by atoms with E-state index in [9.17, 15) is 0 Å². The van der Waals surface area contributed by atoms with Gasteiger partial charge in [0.25, 0.3) is 0 Å². The summed E-state index contributed by atoms with van der Waals surface area (Å²) in [6.07, 6.45) is 2.85. The normalized spacial score (nSPS) is 17.4. The molecule has 1 saturated carbocycles. The molecular weight excluding hydrogens is 214 g/mol. The van der Waals surface area contributed by atoms with Gasteiger partial charge in [0.15, 0.2) is 0 Å². The van der Waals surface area contributed by atoms with Crippen LogP contribution in [0.1, 0.15) is 25.3 Å². The molecule has 16 heavy (non-hydrogen) atoms. The SMILES string of the molecule is CCNC(CSc1ccc(C)cc1)C1CC1. The zero-order chi connectivity index (χ0) is 11.4. The maximum absolute atomic E-state index is 3.61. The second-order valence-electron chi connectivity index (χ2n) is 4.63. The fraction of sp³-hybridized carbons (Fsp3) is 0.571. The highest BCUT2D eigenvalue weighted by Gasteiger charge is 2.30. The van der Waals surface area contributed by atoms with E-state index in [1.807, 2.05) is 11.8 Å². The molecule has 2 rings (SSSR count). The van der Waals surface area contributed by atoms with Gasteiger partial charge in [-0.25, -0.2) is 0 Å². The molecule has 0 spiro atoms. The largest absolute Gasteiger partial charge is 0.313 e. The number of nitrogens with one attached hydrogen (secondary N) is 1. The average molecular weight is 235 g/mol. The van der Waals surface area contributed by atoms with Gasteiger partial charge in [0.05, 0.1) is 0 Å². The lowest BCUT2D eigenvalue weighted by Crippen LogP contribution is -2.33. The van der Waals surface area contributed by atoms with Gasteiger partial charge in [0.1, 0.15) is 0 Å². The number of benzene rings is 1. The fourth-order valence-electron chi connectivity index (χ4n) is 1.94. The Labute approximate surface area is 103 Å². The van der Waals surface area contributed by atoms with Crippen LogP contribution in [0.2, 0.25) is 0 Å². The summed E-state index contributed by atoms with van der Waals surface area (Å²) in [6, 6.07) is 9.58. The Kier molecular flexibility index (Phi) is 4.30. The third-order valence-corrected chi connectivity index (χ3v) is 4.24. The third kappa shape index (κ3) is 3.53. The molecular formula is C14H21NS. The van der Waals surface area contributed by atoms with Crippen LogP contribution in [0.4, 0.5) is 0 Å². The van der Waals surface area contributed by atoms with E-state index in [-0.39, 0.29) is 0 Å². The van der Waals surface area contributed by atoms with Crippen LogP contribution in [-0.2, 0) is 0 Å². The fourth-order valence-corrected chi connectivity index (χ4v) is 3.03. The maximum Gasteiger partial charge on any atom is 0.0189 e. The summed E-state index contributed by atoms with van der Waals surface area (Å²) in [5.41, 5.74) is 1.34. The van der Waals surface area contributed by atoms with E-state index < -0.39 is 0 Å². The van der Waals surface area contributed by atoms with Crippen molar-refractivity contribution in [3.8, 4) is 0 Å². The molecule has 0 saturated heterocycles.